The molecule has 1 aromatic rings. The molecule has 1 aromatic carbocycles. The lowest BCUT2D eigenvalue weighted by molar-refractivity contribution is -0.133. The molecule has 1 aliphatic rings. The molecule has 0 radical (unpaired) electrons. The Morgan fingerprint density at radius 2 is 1.65 bits per heavy atom. The van der Waals surface area contributed by atoms with Crippen LogP contribution in [0, 0.1) is 0 Å². The monoisotopic (exact) mass is 275 g/mol. The zero-order chi connectivity index (χ0) is 14.4. The van der Waals surface area contributed by atoms with Crippen molar-refractivity contribution in [1.29, 1.82) is 0 Å². The number of primary amides is 1. The van der Waals surface area contributed by atoms with Crippen molar-refractivity contribution in [2.45, 2.75) is 31.7 Å². The van der Waals surface area contributed by atoms with Crippen LogP contribution in [-0.2, 0) is 4.79 Å². The van der Waals surface area contributed by atoms with Crippen molar-refractivity contribution in [1.82, 2.24) is 10.2 Å². The average Bonchev–Trinajstić information content (AvgIpc) is 2.74. The number of likely N-dealkylation sites (tertiary alicyclic amines) is 1. The predicted molar refractivity (Wildman–Crippen MR) is 77.0 cm³/mol. The van der Waals surface area contributed by atoms with Gasteiger partial charge in [-0.1, -0.05) is 43.2 Å². The molecule has 108 valence electrons. The fourth-order valence-corrected chi connectivity index (χ4v) is 2.55. The van der Waals surface area contributed by atoms with E-state index in [9.17, 15) is 9.59 Å². The van der Waals surface area contributed by atoms with E-state index in [1.807, 2.05) is 35.2 Å². The molecular formula is C15H21N3O2. The maximum atomic E-state index is 12.6. The summed E-state index contributed by atoms with van der Waals surface area (Å²) in [6.07, 6.45) is 4.35. The summed E-state index contributed by atoms with van der Waals surface area (Å²) < 4.78 is 0. The lowest BCUT2D eigenvalue weighted by Gasteiger charge is -2.26. The van der Waals surface area contributed by atoms with Gasteiger partial charge in [-0.25, -0.2) is 4.79 Å². The van der Waals surface area contributed by atoms with Gasteiger partial charge in [0.1, 0.15) is 6.04 Å². The summed E-state index contributed by atoms with van der Waals surface area (Å²) in [5.74, 6) is -0.0723. The minimum Gasteiger partial charge on any atom is -0.352 e. The molecule has 0 aliphatic carbocycles. The fourth-order valence-electron chi connectivity index (χ4n) is 2.55. The quantitative estimate of drug-likeness (QED) is 0.882. The molecule has 1 heterocycles. The van der Waals surface area contributed by atoms with Gasteiger partial charge in [0.05, 0.1) is 0 Å². The summed E-state index contributed by atoms with van der Waals surface area (Å²) in [5, 5.41) is 2.56. The van der Waals surface area contributed by atoms with Crippen LogP contribution in [0.3, 0.4) is 0 Å². The minimum absolute atomic E-state index is 0.0723. The summed E-state index contributed by atoms with van der Waals surface area (Å²) in [4.78, 5) is 25.7. The Morgan fingerprint density at radius 3 is 2.20 bits per heavy atom. The molecule has 2 rings (SSSR count). The number of carbonyl (C=O) groups excluding carboxylic acids is 2. The number of benzene rings is 1. The predicted octanol–water partition coefficient (Wildman–Crippen LogP) is 1.80. The SMILES string of the molecule is NC(=O)NC(C(=O)N1CCCCCC1)c1ccccc1. The molecule has 0 spiro atoms. The maximum Gasteiger partial charge on any atom is 0.313 e. The molecule has 1 unspecified atom stereocenters. The van der Waals surface area contributed by atoms with Crippen molar-refractivity contribution < 1.29 is 9.59 Å². The van der Waals surface area contributed by atoms with Crippen molar-refractivity contribution in [2.75, 3.05) is 13.1 Å². The van der Waals surface area contributed by atoms with Gasteiger partial charge in [0, 0.05) is 13.1 Å². The Morgan fingerprint density at radius 1 is 1.05 bits per heavy atom. The molecule has 1 saturated heterocycles. The Hall–Kier alpha value is -2.04. The van der Waals surface area contributed by atoms with Crippen LogP contribution in [0.4, 0.5) is 4.79 Å². The Kier molecular flexibility index (Phi) is 4.98. The third-order valence-electron chi connectivity index (χ3n) is 3.58. The van der Waals surface area contributed by atoms with Crippen LogP contribution in [-0.4, -0.2) is 29.9 Å². The molecule has 3 amide bonds. The maximum absolute atomic E-state index is 12.6. The van der Waals surface area contributed by atoms with Crippen molar-refractivity contribution >= 4 is 11.9 Å². The molecule has 0 aromatic heterocycles. The molecule has 20 heavy (non-hydrogen) atoms. The number of nitrogens with one attached hydrogen (secondary N) is 1. The summed E-state index contributed by atoms with van der Waals surface area (Å²) in [7, 11) is 0. The number of amides is 3. The summed E-state index contributed by atoms with van der Waals surface area (Å²) in [5.41, 5.74) is 5.97. The number of hydrogen-bond acceptors (Lipinski definition) is 2. The van der Waals surface area contributed by atoms with Gasteiger partial charge in [-0.2, -0.15) is 0 Å². The number of hydrogen-bond donors (Lipinski definition) is 2. The zero-order valence-electron chi connectivity index (χ0n) is 11.5. The fraction of sp³-hybridized carbons (Fsp3) is 0.467. The van der Waals surface area contributed by atoms with Crippen LogP contribution in [0.25, 0.3) is 0 Å². The van der Waals surface area contributed by atoms with E-state index in [1.54, 1.807) is 0 Å². The first-order valence-corrected chi connectivity index (χ1v) is 7.08. The Bertz CT molecular complexity index is 453. The van der Waals surface area contributed by atoms with E-state index < -0.39 is 12.1 Å². The zero-order valence-corrected chi connectivity index (χ0v) is 11.5. The highest BCUT2D eigenvalue weighted by molar-refractivity contribution is 5.87. The van der Waals surface area contributed by atoms with Gasteiger partial charge >= 0.3 is 6.03 Å². The second-order valence-electron chi connectivity index (χ2n) is 5.09. The number of carbonyl (C=O) groups is 2. The van der Waals surface area contributed by atoms with Gasteiger partial charge in [-0.15, -0.1) is 0 Å². The van der Waals surface area contributed by atoms with Gasteiger partial charge in [0.15, 0.2) is 0 Å². The van der Waals surface area contributed by atoms with E-state index in [0.717, 1.165) is 44.3 Å². The topological polar surface area (TPSA) is 75.4 Å². The third kappa shape index (κ3) is 3.73. The lowest BCUT2D eigenvalue weighted by Crippen LogP contribution is -2.44. The van der Waals surface area contributed by atoms with Gasteiger partial charge in [0.2, 0.25) is 5.91 Å². The second kappa shape index (κ2) is 6.93. The lowest BCUT2D eigenvalue weighted by atomic mass is 10.1. The van der Waals surface area contributed by atoms with E-state index in [2.05, 4.69) is 5.32 Å². The third-order valence-corrected chi connectivity index (χ3v) is 3.58. The number of nitrogens with two attached hydrogens (primary N) is 1. The van der Waals surface area contributed by atoms with Crippen LogP contribution in [0.15, 0.2) is 30.3 Å². The highest BCUT2D eigenvalue weighted by Crippen LogP contribution is 2.18. The van der Waals surface area contributed by atoms with Crippen LogP contribution in [0.1, 0.15) is 37.3 Å². The largest absolute Gasteiger partial charge is 0.352 e. The highest BCUT2D eigenvalue weighted by Gasteiger charge is 2.27. The molecule has 1 fully saturated rings. The van der Waals surface area contributed by atoms with Crippen LogP contribution >= 0.6 is 0 Å². The van der Waals surface area contributed by atoms with Gasteiger partial charge < -0.3 is 16.0 Å². The van der Waals surface area contributed by atoms with Gasteiger partial charge in [0.25, 0.3) is 0 Å². The highest BCUT2D eigenvalue weighted by atomic mass is 16.2. The normalized spacial score (nSPS) is 17.1. The Balaban J connectivity index is 2.17. The number of rotatable bonds is 3. The summed E-state index contributed by atoms with van der Waals surface area (Å²) in [6.45, 7) is 1.51. The number of urea groups is 1. The first-order chi connectivity index (χ1) is 9.68. The number of nitrogens with zero attached hydrogens (tertiary/aromatic N) is 1. The van der Waals surface area contributed by atoms with E-state index in [0.29, 0.717) is 0 Å². The van der Waals surface area contributed by atoms with Crippen LogP contribution in [0.2, 0.25) is 0 Å². The van der Waals surface area contributed by atoms with Gasteiger partial charge in [-0.05, 0) is 18.4 Å². The van der Waals surface area contributed by atoms with E-state index in [1.165, 1.54) is 0 Å². The van der Waals surface area contributed by atoms with Crippen molar-refractivity contribution in [3.8, 4) is 0 Å². The molecular weight excluding hydrogens is 254 g/mol. The molecule has 3 N–H and O–H groups in total. The van der Waals surface area contributed by atoms with Crippen LogP contribution in [0.5, 0.6) is 0 Å². The summed E-state index contributed by atoms with van der Waals surface area (Å²) in [6, 6.07) is 7.86. The molecule has 0 saturated carbocycles. The molecule has 0 bridgehead atoms. The van der Waals surface area contributed by atoms with E-state index in [-0.39, 0.29) is 5.91 Å². The first kappa shape index (κ1) is 14.4. The smallest absolute Gasteiger partial charge is 0.313 e. The van der Waals surface area contributed by atoms with E-state index in [4.69, 9.17) is 5.73 Å². The molecule has 1 atom stereocenters. The van der Waals surface area contributed by atoms with Gasteiger partial charge in [-0.3, -0.25) is 4.79 Å². The molecule has 5 nitrogen and oxygen atoms in total. The van der Waals surface area contributed by atoms with Crippen molar-refractivity contribution in [3.63, 3.8) is 0 Å². The first-order valence-electron chi connectivity index (χ1n) is 7.08. The minimum atomic E-state index is -0.688. The summed E-state index contributed by atoms with van der Waals surface area (Å²) >= 11 is 0. The van der Waals surface area contributed by atoms with E-state index >= 15 is 0 Å². The second-order valence-corrected chi connectivity index (χ2v) is 5.09. The standard InChI is InChI=1S/C15H21N3O2/c16-15(20)17-13(12-8-4-3-5-9-12)14(19)18-10-6-1-2-7-11-18/h3-5,8-9,13H,1-2,6-7,10-11H2,(H3,16,17,20). The van der Waals surface area contributed by atoms with Crippen LogP contribution < -0.4 is 11.1 Å². The molecule has 5 heteroatoms. The molecule has 1 aliphatic heterocycles. The van der Waals surface area contributed by atoms with Crippen molar-refractivity contribution in [2.24, 2.45) is 5.73 Å². The van der Waals surface area contributed by atoms with Crippen molar-refractivity contribution in [3.05, 3.63) is 35.9 Å². The Labute approximate surface area is 119 Å². The average molecular weight is 275 g/mol.